The van der Waals surface area contributed by atoms with Crippen LogP contribution in [0.5, 0.6) is 5.75 Å². The highest BCUT2D eigenvalue weighted by Gasteiger charge is 2.26. The minimum absolute atomic E-state index is 0.0287. The summed E-state index contributed by atoms with van der Waals surface area (Å²) < 4.78 is 30.1. The molecule has 1 aliphatic rings. The summed E-state index contributed by atoms with van der Waals surface area (Å²) >= 11 is 1.47. The summed E-state index contributed by atoms with van der Waals surface area (Å²) in [7, 11) is -3.19. The number of thiazole rings is 1. The predicted molar refractivity (Wildman–Crippen MR) is 99.6 cm³/mol. The SMILES string of the molecule is CS(=O)(=O)N1CCN(C(=O)Cc2csc(COc3ccccc3)n2)CC1. The van der Waals surface area contributed by atoms with Crippen molar-refractivity contribution in [1.82, 2.24) is 14.2 Å². The van der Waals surface area contributed by atoms with Gasteiger partial charge in [-0.05, 0) is 12.1 Å². The molecule has 0 saturated carbocycles. The number of nitrogens with zero attached hydrogens (tertiary/aromatic N) is 3. The van der Waals surface area contributed by atoms with E-state index in [4.69, 9.17) is 4.74 Å². The van der Waals surface area contributed by atoms with Gasteiger partial charge in [0.25, 0.3) is 0 Å². The number of rotatable bonds is 6. The Morgan fingerprint density at radius 3 is 2.54 bits per heavy atom. The van der Waals surface area contributed by atoms with Gasteiger partial charge >= 0.3 is 0 Å². The highest BCUT2D eigenvalue weighted by atomic mass is 32.2. The molecule has 2 aromatic rings. The zero-order chi connectivity index (χ0) is 18.6. The summed E-state index contributed by atoms with van der Waals surface area (Å²) in [4.78, 5) is 18.6. The van der Waals surface area contributed by atoms with Crippen molar-refractivity contribution in [2.45, 2.75) is 13.0 Å². The second-order valence-electron chi connectivity index (χ2n) is 6.05. The molecule has 0 N–H and O–H groups in total. The lowest BCUT2D eigenvalue weighted by Crippen LogP contribution is -2.50. The molecule has 26 heavy (non-hydrogen) atoms. The van der Waals surface area contributed by atoms with Gasteiger partial charge in [-0.25, -0.2) is 13.4 Å². The van der Waals surface area contributed by atoms with Gasteiger partial charge < -0.3 is 9.64 Å². The maximum atomic E-state index is 12.4. The molecule has 9 heteroatoms. The molecule has 3 rings (SSSR count). The smallest absolute Gasteiger partial charge is 0.228 e. The molecule has 0 bridgehead atoms. The second kappa shape index (κ2) is 8.15. The van der Waals surface area contributed by atoms with Crippen LogP contribution in [0.2, 0.25) is 0 Å². The zero-order valence-corrected chi connectivity index (χ0v) is 16.1. The molecular formula is C17H21N3O4S2. The third kappa shape index (κ3) is 5.03. The average Bonchev–Trinajstić information content (AvgIpc) is 3.07. The molecule has 0 spiro atoms. The molecule has 0 aliphatic carbocycles. The van der Waals surface area contributed by atoms with Crippen LogP contribution in [0.4, 0.5) is 0 Å². The number of ether oxygens (including phenoxy) is 1. The number of aromatic nitrogens is 1. The van der Waals surface area contributed by atoms with E-state index >= 15 is 0 Å². The van der Waals surface area contributed by atoms with Crippen LogP contribution >= 0.6 is 11.3 Å². The van der Waals surface area contributed by atoms with Gasteiger partial charge in [0.1, 0.15) is 17.4 Å². The lowest BCUT2D eigenvalue weighted by atomic mass is 10.2. The number of sulfonamides is 1. The summed E-state index contributed by atoms with van der Waals surface area (Å²) in [5.74, 6) is 0.753. The van der Waals surface area contributed by atoms with E-state index < -0.39 is 10.0 Å². The molecule has 0 atom stereocenters. The number of amides is 1. The highest BCUT2D eigenvalue weighted by Crippen LogP contribution is 2.16. The van der Waals surface area contributed by atoms with Gasteiger partial charge in [0, 0.05) is 31.6 Å². The Hall–Kier alpha value is -1.97. The number of para-hydroxylation sites is 1. The third-order valence-corrected chi connectivity index (χ3v) is 6.27. The van der Waals surface area contributed by atoms with E-state index in [1.54, 1.807) is 4.90 Å². The monoisotopic (exact) mass is 395 g/mol. The highest BCUT2D eigenvalue weighted by molar-refractivity contribution is 7.88. The fourth-order valence-electron chi connectivity index (χ4n) is 2.69. The van der Waals surface area contributed by atoms with Crippen LogP contribution in [0.15, 0.2) is 35.7 Å². The molecule has 1 aromatic carbocycles. The summed E-state index contributed by atoms with van der Waals surface area (Å²) in [6.45, 7) is 1.89. The van der Waals surface area contributed by atoms with E-state index in [1.165, 1.54) is 21.9 Å². The van der Waals surface area contributed by atoms with Crippen LogP contribution in [0, 0.1) is 0 Å². The normalized spacial score (nSPS) is 15.8. The van der Waals surface area contributed by atoms with Crippen molar-refractivity contribution in [3.63, 3.8) is 0 Å². The lowest BCUT2D eigenvalue weighted by molar-refractivity contribution is -0.131. The Bertz CT molecular complexity index is 844. The molecule has 0 radical (unpaired) electrons. The fraction of sp³-hybridized carbons (Fsp3) is 0.412. The average molecular weight is 396 g/mol. The Balaban J connectivity index is 1.49. The number of carbonyl (C=O) groups excluding carboxylic acids is 1. The summed E-state index contributed by atoms with van der Waals surface area (Å²) in [5, 5.41) is 2.69. The molecular weight excluding hydrogens is 374 g/mol. The van der Waals surface area contributed by atoms with Crippen LogP contribution in [0.3, 0.4) is 0 Å². The number of hydrogen-bond acceptors (Lipinski definition) is 6. The van der Waals surface area contributed by atoms with Gasteiger partial charge in [0.2, 0.25) is 15.9 Å². The molecule has 1 amide bonds. The zero-order valence-electron chi connectivity index (χ0n) is 14.5. The van der Waals surface area contributed by atoms with Gasteiger partial charge in [-0.1, -0.05) is 18.2 Å². The van der Waals surface area contributed by atoms with Gasteiger partial charge in [-0.15, -0.1) is 11.3 Å². The van der Waals surface area contributed by atoms with E-state index in [9.17, 15) is 13.2 Å². The van der Waals surface area contributed by atoms with Gasteiger partial charge in [0.05, 0.1) is 18.4 Å². The first-order chi connectivity index (χ1) is 12.4. The minimum Gasteiger partial charge on any atom is -0.486 e. The van der Waals surface area contributed by atoms with Crippen LogP contribution in [0.1, 0.15) is 10.7 Å². The largest absolute Gasteiger partial charge is 0.486 e. The first-order valence-electron chi connectivity index (χ1n) is 8.26. The van der Waals surface area contributed by atoms with Crippen molar-refractivity contribution < 1.29 is 17.9 Å². The molecule has 1 aromatic heterocycles. The van der Waals surface area contributed by atoms with Crippen molar-refractivity contribution in [2.24, 2.45) is 0 Å². The molecule has 1 fully saturated rings. The number of piperazine rings is 1. The van der Waals surface area contributed by atoms with Gasteiger partial charge in [-0.2, -0.15) is 4.31 Å². The van der Waals surface area contributed by atoms with Crippen LogP contribution in [-0.4, -0.2) is 60.9 Å². The van der Waals surface area contributed by atoms with E-state index in [2.05, 4.69) is 4.98 Å². The number of hydrogen-bond donors (Lipinski definition) is 0. The fourth-order valence-corrected chi connectivity index (χ4v) is 4.23. The first-order valence-corrected chi connectivity index (χ1v) is 11.0. The van der Waals surface area contributed by atoms with Gasteiger partial charge in [0.15, 0.2) is 0 Å². The maximum absolute atomic E-state index is 12.4. The van der Waals surface area contributed by atoms with E-state index in [0.717, 1.165) is 16.5 Å². The Morgan fingerprint density at radius 2 is 1.88 bits per heavy atom. The van der Waals surface area contributed by atoms with E-state index in [1.807, 2.05) is 35.7 Å². The Morgan fingerprint density at radius 1 is 1.19 bits per heavy atom. The maximum Gasteiger partial charge on any atom is 0.228 e. The molecule has 1 aliphatic heterocycles. The molecule has 7 nitrogen and oxygen atoms in total. The molecule has 140 valence electrons. The topological polar surface area (TPSA) is 79.8 Å². The summed E-state index contributed by atoms with van der Waals surface area (Å²) in [6, 6.07) is 9.51. The Kier molecular flexibility index (Phi) is 5.90. The number of benzene rings is 1. The summed E-state index contributed by atoms with van der Waals surface area (Å²) in [6.07, 6.45) is 1.42. The van der Waals surface area contributed by atoms with Crippen molar-refractivity contribution in [3.05, 3.63) is 46.4 Å². The Labute approximate surface area is 157 Å². The van der Waals surface area contributed by atoms with Crippen molar-refractivity contribution in [2.75, 3.05) is 32.4 Å². The van der Waals surface area contributed by atoms with Crippen LogP contribution in [0.25, 0.3) is 0 Å². The predicted octanol–water partition coefficient (Wildman–Crippen LogP) is 1.37. The number of carbonyl (C=O) groups is 1. The van der Waals surface area contributed by atoms with Crippen molar-refractivity contribution in [1.29, 1.82) is 0 Å². The van der Waals surface area contributed by atoms with Crippen LogP contribution < -0.4 is 4.74 Å². The van der Waals surface area contributed by atoms with Crippen molar-refractivity contribution >= 4 is 27.3 Å². The molecule has 0 unspecified atom stereocenters. The minimum atomic E-state index is -3.19. The van der Waals surface area contributed by atoms with E-state index in [-0.39, 0.29) is 12.3 Å². The van der Waals surface area contributed by atoms with E-state index in [0.29, 0.717) is 32.8 Å². The first kappa shape index (κ1) is 18.8. The summed E-state index contributed by atoms with van der Waals surface area (Å²) in [5.41, 5.74) is 0.720. The van der Waals surface area contributed by atoms with Crippen molar-refractivity contribution in [3.8, 4) is 5.75 Å². The third-order valence-electron chi connectivity index (χ3n) is 4.10. The second-order valence-corrected chi connectivity index (χ2v) is 8.98. The molecule has 2 heterocycles. The molecule has 1 saturated heterocycles. The van der Waals surface area contributed by atoms with Gasteiger partial charge in [-0.3, -0.25) is 4.79 Å². The lowest BCUT2D eigenvalue weighted by Gasteiger charge is -2.33. The quantitative estimate of drug-likeness (QED) is 0.738. The van der Waals surface area contributed by atoms with Crippen LogP contribution in [-0.2, 0) is 27.8 Å². The standard InChI is InChI=1S/C17H21N3O4S2/c1-26(22,23)20-9-7-19(8-10-20)17(21)11-14-13-25-16(18-14)12-24-15-5-3-2-4-6-15/h2-6,13H,7-12H2,1H3.